The van der Waals surface area contributed by atoms with Gasteiger partial charge in [0.1, 0.15) is 0 Å². The maximum absolute atomic E-state index is 11.5. The minimum Gasteiger partial charge on any atom is -0.384 e. The number of ketones is 1. The van der Waals surface area contributed by atoms with Crippen LogP contribution in [0.2, 0.25) is 0 Å². The predicted molar refractivity (Wildman–Crippen MR) is 69.6 cm³/mol. The summed E-state index contributed by atoms with van der Waals surface area (Å²) in [5, 5.41) is 5.68. The van der Waals surface area contributed by atoms with Gasteiger partial charge in [0, 0.05) is 30.3 Å². The predicted octanol–water partition coefficient (Wildman–Crippen LogP) is 2.74. The molecule has 0 unspecified atom stereocenters. The van der Waals surface area contributed by atoms with E-state index in [1.54, 1.807) is 6.08 Å². The van der Waals surface area contributed by atoms with Crippen LogP contribution in [0.3, 0.4) is 0 Å². The molecule has 2 aromatic rings. The monoisotopic (exact) mass is 223 g/mol. The lowest BCUT2D eigenvalue weighted by Gasteiger charge is -2.16. The minimum atomic E-state index is 0.201. The molecule has 2 aromatic carbocycles. The van der Waals surface area contributed by atoms with Gasteiger partial charge in [-0.3, -0.25) is 4.79 Å². The Morgan fingerprint density at radius 2 is 1.82 bits per heavy atom. The van der Waals surface area contributed by atoms with Crippen molar-refractivity contribution in [3.8, 4) is 0 Å². The summed E-state index contributed by atoms with van der Waals surface area (Å²) in [4.78, 5) is 11.5. The molecule has 1 aliphatic rings. The maximum atomic E-state index is 11.5. The van der Waals surface area contributed by atoms with Gasteiger partial charge in [-0.15, -0.1) is 0 Å². The Kier molecular flexibility index (Phi) is 2.41. The number of hydrogen-bond acceptors (Lipinski definition) is 2. The second kappa shape index (κ2) is 4.06. The largest absolute Gasteiger partial charge is 0.384 e. The van der Waals surface area contributed by atoms with Crippen molar-refractivity contribution in [1.29, 1.82) is 0 Å². The molecule has 0 atom stereocenters. The Hall–Kier alpha value is -2.09. The first-order valence-corrected chi connectivity index (χ1v) is 5.81. The third kappa shape index (κ3) is 1.82. The van der Waals surface area contributed by atoms with Gasteiger partial charge in [0.05, 0.1) is 0 Å². The van der Waals surface area contributed by atoms with Gasteiger partial charge >= 0.3 is 0 Å². The van der Waals surface area contributed by atoms with Gasteiger partial charge in [-0.05, 0) is 10.8 Å². The SMILES string of the molecule is O=C1C=C(c2cccc3ccccc23)NCC1. The molecule has 3 rings (SSSR count). The molecule has 2 nitrogen and oxygen atoms in total. The van der Waals surface area contributed by atoms with Crippen molar-refractivity contribution in [2.45, 2.75) is 6.42 Å². The standard InChI is InChI=1S/C15H13NO/c17-12-8-9-16-15(10-12)14-7-3-5-11-4-1-2-6-13(11)14/h1-7,10,16H,8-9H2. The molecule has 0 spiro atoms. The van der Waals surface area contributed by atoms with Gasteiger partial charge in [0.15, 0.2) is 5.78 Å². The van der Waals surface area contributed by atoms with Crippen molar-refractivity contribution in [2.75, 3.05) is 6.54 Å². The Balaban J connectivity index is 2.20. The molecule has 1 aliphatic heterocycles. The number of nitrogens with one attached hydrogen (secondary N) is 1. The average molecular weight is 223 g/mol. The van der Waals surface area contributed by atoms with Crippen molar-refractivity contribution in [1.82, 2.24) is 5.32 Å². The molecule has 0 fully saturated rings. The zero-order valence-corrected chi connectivity index (χ0v) is 9.44. The van der Waals surface area contributed by atoms with Crippen LogP contribution in [-0.4, -0.2) is 12.3 Å². The summed E-state index contributed by atoms with van der Waals surface area (Å²) in [6, 6.07) is 14.4. The third-order valence-electron chi connectivity index (χ3n) is 3.07. The highest BCUT2D eigenvalue weighted by atomic mass is 16.1. The minimum absolute atomic E-state index is 0.201. The fourth-order valence-electron chi connectivity index (χ4n) is 2.24. The first kappa shape index (κ1) is 10.1. The topological polar surface area (TPSA) is 29.1 Å². The van der Waals surface area contributed by atoms with Gasteiger partial charge in [-0.25, -0.2) is 0 Å². The van der Waals surface area contributed by atoms with Crippen molar-refractivity contribution in [3.05, 3.63) is 54.1 Å². The summed E-state index contributed by atoms with van der Waals surface area (Å²) in [7, 11) is 0. The molecule has 0 saturated carbocycles. The lowest BCUT2D eigenvalue weighted by atomic mass is 9.99. The van der Waals surface area contributed by atoms with Crippen LogP contribution in [0, 0.1) is 0 Å². The van der Waals surface area contributed by atoms with Crippen LogP contribution in [0.15, 0.2) is 48.5 Å². The summed E-state index contributed by atoms with van der Waals surface area (Å²) in [6.45, 7) is 0.730. The number of carbonyl (C=O) groups excluding carboxylic acids is 1. The summed E-state index contributed by atoms with van der Waals surface area (Å²) < 4.78 is 0. The fraction of sp³-hybridized carbons (Fsp3) is 0.133. The van der Waals surface area contributed by atoms with E-state index in [1.807, 2.05) is 18.2 Å². The van der Waals surface area contributed by atoms with Gasteiger partial charge in [0.2, 0.25) is 0 Å². The van der Waals surface area contributed by atoms with Gasteiger partial charge < -0.3 is 5.32 Å². The number of allylic oxidation sites excluding steroid dienone is 1. The average Bonchev–Trinajstić information content (AvgIpc) is 2.38. The van der Waals surface area contributed by atoms with Crippen LogP contribution in [0.1, 0.15) is 12.0 Å². The molecule has 0 saturated heterocycles. The van der Waals surface area contributed by atoms with Gasteiger partial charge in [-0.1, -0.05) is 42.5 Å². The Bertz CT molecular complexity index is 608. The molecule has 1 heterocycles. The summed E-state index contributed by atoms with van der Waals surface area (Å²) in [5.41, 5.74) is 2.05. The summed E-state index contributed by atoms with van der Waals surface area (Å²) in [6.07, 6.45) is 2.31. The van der Waals surface area contributed by atoms with Crippen LogP contribution in [-0.2, 0) is 4.79 Å². The van der Waals surface area contributed by atoms with E-state index in [0.717, 1.165) is 17.8 Å². The molecule has 0 radical (unpaired) electrons. The molecule has 0 aliphatic carbocycles. The second-order valence-corrected chi connectivity index (χ2v) is 4.23. The molecular formula is C15H13NO. The molecule has 17 heavy (non-hydrogen) atoms. The number of rotatable bonds is 1. The first-order valence-electron chi connectivity index (χ1n) is 5.81. The van der Waals surface area contributed by atoms with Gasteiger partial charge in [0.25, 0.3) is 0 Å². The number of benzene rings is 2. The molecule has 2 heteroatoms. The van der Waals surface area contributed by atoms with Crippen LogP contribution >= 0.6 is 0 Å². The molecule has 84 valence electrons. The smallest absolute Gasteiger partial charge is 0.159 e. The van der Waals surface area contributed by atoms with Crippen LogP contribution in [0.5, 0.6) is 0 Å². The van der Waals surface area contributed by atoms with E-state index in [-0.39, 0.29) is 5.78 Å². The zero-order valence-electron chi connectivity index (χ0n) is 9.44. The number of hydrogen-bond donors (Lipinski definition) is 1. The molecular weight excluding hydrogens is 210 g/mol. The van der Waals surface area contributed by atoms with E-state index >= 15 is 0 Å². The highest BCUT2D eigenvalue weighted by Crippen LogP contribution is 2.24. The van der Waals surface area contributed by atoms with E-state index in [2.05, 4.69) is 29.6 Å². The number of carbonyl (C=O) groups is 1. The molecule has 0 amide bonds. The van der Waals surface area contributed by atoms with Gasteiger partial charge in [-0.2, -0.15) is 0 Å². The Morgan fingerprint density at radius 3 is 2.71 bits per heavy atom. The van der Waals surface area contributed by atoms with Crippen molar-refractivity contribution in [2.24, 2.45) is 0 Å². The Labute approximate surface area is 100.0 Å². The lowest BCUT2D eigenvalue weighted by molar-refractivity contribution is -0.114. The number of fused-ring (bicyclic) bond motifs is 1. The maximum Gasteiger partial charge on any atom is 0.159 e. The van der Waals surface area contributed by atoms with E-state index in [4.69, 9.17) is 0 Å². The molecule has 1 N–H and O–H groups in total. The van der Waals surface area contributed by atoms with Crippen molar-refractivity contribution < 1.29 is 4.79 Å². The van der Waals surface area contributed by atoms with Crippen LogP contribution in [0.4, 0.5) is 0 Å². The second-order valence-electron chi connectivity index (χ2n) is 4.23. The normalized spacial score (nSPS) is 15.5. The quantitative estimate of drug-likeness (QED) is 0.805. The zero-order chi connectivity index (χ0) is 11.7. The highest BCUT2D eigenvalue weighted by molar-refractivity contribution is 6.02. The van der Waals surface area contributed by atoms with Crippen molar-refractivity contribution in [3.63, 3.8) is 0 Å². The fourth-order valence-corrected chi connectivity index (χ4v) is 2.24. The summed E-state index contributed by atoms with van der Waals surface area (Å²) >= 11 is 0. The van der Waals surface area contributed by atoms with Crippen LogP contribution in [0.25, 0.3) is 16.5 Å². The molecule has 0 bridgehead atoms. The van der Waals surface area contributed by atoms with E-state index in [0.29, 0.717) is 6.42 Å². The lowest BCUT2D eigenvalue weighted by Crippen LogP contribution is -2.22. The molecule has 0 aromatic heterocycles. The third-order valence-corrected chi connectivity index (χ3v) is 3.07. The van der Waals surface area contributed by atoms with Crippen LogP contribution < -0.4 is 5.32 Å². The van der Waals surface area contributed by atoms with E-state index in [1.165, 1.54) is 10.8 Å². The highest BCUT2D eigenvalue weighted by Gasteiger charge is 2.12. The Morgan fingerprint density at radius 1 is 1.00 bits per heavy atom. The summed E-state index contributed by atoms with van der Waals surface area (Å²) in [5.74, 6) is 0.201. The van der Waals surface area contributed by atoms with Crippen molar-refractivity contribution >= 4 is 22.3 Å². The van der Waals surface area contributed by atoms with E-state index in [9.17, 15) is 4.79 Å². The van der Waals surface area contributed by atoms with E-state index < -0.39 is 0 Å². The first-order chi connectivity index (χ1) is 8.34.